The summed E-state index contributed by atoms with van der Waals surface area (Å²) in [7, 11) is -9.89. The molecule has 17 nitrogen and oxygen atoms in total. The van der Waals surface area contributed by atoms with E-state index in [1.54, 1.807) is 0 Å². The Bertz CT molecular complexity index is 1690. The van der Waals surface area contributed by atoms with Gasteiger partial charge in [0, 0.05) is 25.7 Å². The molecule has 0 amide bonds. The summed E-state index contributed by atoms with van der Waals surface area (Å²) in [5.74, 6) is -0.707. The fraction of sp³-hybridized carbons (Fsp3) is 0.940. The van der Waals surface area contributed by atoms with Crippen LogP contribution in [-0.2, 0) is 65.4 Å². The van der Waals surface area contributed by atoms with Gasteiger partial charge in [-0.1, -0.05) is 286 Å². The van der Waals surface area contributed by atoms with Crippen LogP contribution in [0.4, 0.5) is 0 Å². The lowest BCUT2D eigenvalue weighted by Gasteiger charge is -2.21. The average molecular weight is 1270 g/mol. The molecule has 0 heterocycles. The molecule has 0 fully saturated rings. The predicted octanol–water partition coefficient (Wildman–Crippen LogP) is 18.8. The Morgan fingerprint density at radius 1 is 0.337 bits per heavy atom. The van der Waals surface area contributed by atoms with Crippen LogP contribution in [0.1, 0.15) is 337 Å². The number of hydrogen-bond donors (Lipinski definition) is 3. The van der Waals surface area contributed by atoms with Crippen LogP contribution < -0.4 is 0 Å². The molecule has 19 heteroatoms. The highest BCUT2D eigenvalue weighted by Gasteiger charge is 2.30. The van der Waals surface area contributed by atoms with Gasteiger partial charge in [-0.05, 0) is 37.5 Å². The topological polar surface area (TPSA) is 237 Å². The van der Waals surface area contributed by atoms with Gasteiger partial charge < -0.3 is 33.8 Å². The van der Waals surface area contributed by atoms with Gasteiger partial charge in [0.1, 0.15) is 19.3 Å². The van der Waals surface area contributed by atoms with E-state index in [4.69, 9.17) is 37.0 Å². The quantitative estimate of drug-likeness (QED) is 0.0222. The Kier molecular flexibility index (Phi) is 58.0. The first-order valence-electron chi connectivity index (χ1n) is 35.0. The standard InChI is InChI=1S/C67H130O17P2/c1-7-10-12-14-16-18-20-21-22-23-24-25-27-31-39-45-51-66(71)83-62(55-78-65(70)50-44-38-32-28-29-35-41-47-59(4)5)57-81-85(73,74)79-53-61(68)54-80-86(75,76)82-58-63(84-67(72)52-46-40-34-33-36-42-48-60(6)9-3)56-77-64(69)49-43-37-30-26-19-17-15-13-11-8-2/h59-63,68H,7-58H2,1-6H3,(H,73,74)(H,75,76)/t60?,61-,62-,63-/m1/s1. The van der Waals surface area contributed by atoms with E-state index in [1.807, 2.05) is 0 Å². The minimum Gasteiger partial charge on any atom is -0.462 e. The monoisotopic (exact) mass is 1270 g/mol. The van der Waals surface area contributed by atoms with Gasteiger partial charge in [-0.2, -0.15) is 0 Å². The molecule has 0 radical (unpaired) electrons. The number of esters is 4. The zero-order valence-corrected chi connectivity index (χ0v) is 57.4. The Labute approximate surface area is 524 Å². The van der Waals surface area contributed by atoms with Gasteiger partial charge >= 0.3 is 39.5 Å². The summed E-state index contributed by atoms with van der Waals surface area (Å²) in [6.07, 6.45) is 43.2. The van der Waals surface area contributed by atoms with E-state index in [9.17, 15) is 43.2 Å². The summed E-state index contributed by atoms with van der Waals surface area (Å²) in [4.78, 5) is 72.3. The van der Waals surface area contributed by atoms with Crippen molar-refractivity contribution in [2.75, 3.05) is 39.6 Å². The third kappa shape index (κ3) is 59.7. The highest BCUT2D eigenvalue weighted by Crippen LogP contribution is 2.45. The van der Waals surface area contributed by atoms with Gasteiger partial charge in [0.25, 0.3) is 0 Å². The van der Waals surface area contributed by atoms with Gasteiger partial charge in [-0.25, -0.2) is 9.13 Å². The molecule has 0 bridgehead atoms. The molecule has 0 aliphatic carbocycles. The molecule has 0 saturated carbocycles. The average Bonchev–Trinajstić information content (AvgIpc) is 3.60. The maximum absolute atomic E-state index is 13.0. The van der Waals surface area contributed by atoms with E-state index < -0.39 is 97.5 Å². The molecule has 510 valence electrons. The largest absolute Gasteiger partial charge is 0.472 e. The third-order valence-corrected chi connectivity index (χ3v) is 17.7. The number of ether oxygens (including phenoxy) is 4. The van der Waals surface area contributed by atoms with E-state index in [2.05, 4.69) is 41.5 Å². The van der Waals surface area contributed by atoms with Crippen molar-refractivity contribution in [1.82, 2.24) is 0 Å². The van der Waals surface area contributed by atoms with Gasteiger partial charge in [0.2, 0.25) is 0 Å². The minimum atomic E-state index is -4.95. The van der Waals surface area contributed by atoms with Crippen LogP contribution in [0, 0.1) is 11.8 Å². The number of aliphatic hydroxyl groups excluding tert-OH is 1. The van der Waals surface area contributed by atoms with E-state index >= 15 is 0 Å². The van der Waals surface area contributed by atoms with Crippen LogP contribution in [0.25, 0.3) is 0 Å². The molecule has 0 aliphatic heterocycles. The maximum Gasteiger partial charge on any atom is 0.472 e. The molecule has 86 heavy (non-hydrogen) atoms. The van der Waals surface area contributed by atoms with Crippen molar-refractivity contribution in [3.05, 3.63) is 0 Å². The molecule has 0 aliphatic rings. The molecule has 0 saturated heterocycles. The zero-order valence-electron chi connectivity index (χ0n) is 55.6. The number of phosphoric ester groups is 2. The van der Waals surface area contributed by atoms with E-state index in [0.717, 1.165) is 102 Å². The van der Waals surface area contributed by atoms with Crippen molar-refractivity contribution >= 4 is 39.5 Å². The van der Waals surface area contributed by atoms with Crippen LogP contribution in [0.2, 0.25) is 0 Å². The Balaban J connectivity index is 5.22. The maximum atomic E-state index is 13.0. The SMILES string of the molecule is CCCCCCCCCCCCCCCCCCC(=O)O[C@H](COC(=O)CCCCCCCCCC(C)C)COP(=O)(O)OC[C@@H](O)COP(=O)(O)OC[C@@H](COC(=O)CCCCCCCCCCCC)OC(=O)CCCCCCCCC(C)CC. The third-order valence-electron chi connectivity index (χ3n) is 15.8. The van der Waals surface area contributed by atoms with Crippen LogP contribution in [0.3, 0.4) is 0 Å². The lowest BCUT2D eigenvalue weighted by molar-refractivity contribution is -0.161. The van der Waals surface area contributed by atoms with Crippen LogP contribution in [-0.4, -0.2) is 96.7 Å². The molecule has 6 atom stereocenters. The second-order valence-electron chi connectivity index (χ2n) is 24.9. The van der Waals surface area contributed by atoms with Crippen molar-refractivity contribution in [2.45, 2.75) is 355 Å². The van der Waals surface area contributed by atoms with Gasteiger partial charge in [0.15, 0.2) is 12.2 Å². The summed E-state index contributed by atoms with van der Waals surface area (Å²) >= 11 is 0. The highest BCUT2D eigenvalue weighted by atomic mass is 31.2. The summed E-state index contributed by atoms with van der Waals surface area (Å²) in [5, 5.41) is 10.6. The van der Waals surface area contributed by atoms with Crippen LogP contribution in [0.5, 0.6) is 0 Å². The van der Waals surface area contributed by atoms with Crippen molar-refractivity contribution in [3.63, 3.8) is 0 Å². The van der Waals surface area contributed by atoms with Crippen LogP contribution in [0.15, 0.2) is 0 Å². The molecule has 0 rings (SSSR count). The number of unbranched alkanes of at least 4 members (excludes halogenated alkanes) is 35. The van der Waals surface area contributed by atoms with Gasteiger partial charge in [0.05, 0.1) is 26.4 Å². The smallest absolute Gasteiger partial charge is 0.462 e. The zero-order chi connectivity index (χ0) is 63.6. The fourth-order valence-corrected chi connectivity index (χ4v) is 11.6. The summed E-state index contributed by atoms with van der Waals surface area (Å²) in [5.41, 5.74) is 0. The minimum absolute atomic E-state index is 0.103. The highest BCUT2D eigenvalue weighted by molar-refractivity contribution is 7.47. The number of aliphatic hydroxyl groups is 1. The second-order valence-corrected chi connectivity index (χ2v) is 27.8. The van der Waals surface area contributed by atoms with Crippen LogP contribution >= 0.6 is 15.6 Å². The molecule has 3 N–H and O–H groups in total. The van der Waals surface area contributed by atoms with Gasteiger partial charge in [-0.15, -0.1) is 0 Å². The van der Waals surface area contributed by atoms with E-state index in [0.29, 0.717) is 31.6 Å². The first-order chi connectivity index (χ1) is 41.4. The summed E-state index contributed by atoms with van der Waals surface area (Å²) < 4.78 is 68.1. The summed E-state index contributed by atoms with van der Waals surface area (Å²) in [6.45, 7) is 9.41. The molecular formula is C67H130O17P2. The molecule has 0 aromatic carbocycles. The summed E-state index contributed by atoms with van der Waals surface area (Å²) in [6, 6.07) is 0. The number of carbonyl (C=O) groups is 4. The molecule has 0 spiro atoms. The fourth-order valence-electron chi connectivity index (χ4n) is 10.0. The Morgan fingerprint density at radius 3 is 0.884 bits per heavy atom. The number of phosphoric acid groups is 2. The second kappa shape index (κ2) is 59.4. The Morgan fingerprint density at radius 2 is 0.593 bits per heavy atom. The van der Waals surface area contributed by atoms with E-state index in [1.165, 1.54) is 148 Å². The van der Waals surface area contributed by atoms with Crippen molar-refractivity contribution in [1.29, 1.82) is 0 Å². The first kappa shape index (κ1) is 84.1. The van der Waals surface area contributed by atoms with Crippen molar-refractivity contribution in [2.24, 2.45) is 11.8 Å². The molecular weight excluding hydrogens is 1140 g/mol. The molecule has 3 unspecified atom stereocenters. The lowest BCUT2D eigenvalue weighted by atomic mass is 10.00. The first-order valence-corrected chi connectivity index (χ1v) is 38.0. The van der Waals surface area contributed by atoms with Crippen molar-refractivity contribution < 1.29 is 80.2 Å². The Hall–Kier alpha value is -1.94. The van der Waals surface area contributed by atoms with E-state index in [-0.39, 0.29) is 25.7 Å². The van der Waals surface area contributed by atoms with Crippen molar-refractivity contribution in [3.8, 4) is 0 Å². The van der Waals surface area contributed by atoms with Gasteiger partial charge in [-0.3, -0.25) is 37.3 Å². The number of hydrogen-bond acceptors (Lipinski definition) is 15. The normalized spacial score (nSPS) is 14.5. The number of carbonyl (C=O) groups excluding carboxylic acids is 4. The number of rotatable bonds is 66. The predicted molar refractivity (Wildman–Crippen MR) is 345 cm³/mol. The molecule has 0 aromatic heterocycles. The molecule has 0 aromatic rings. The lowest BCUT2D eigenvalue weighted by Crippen LogP contribution is -2.30.